The molecule has 3 aliphatic heterocycles. The first-order valence-corrected chi connectivity index (χ1v) is 9.70. The normalized spacial score (nSPS) is 27.8. The Hall–Kier alpha value is -1.83. The Morgan fingerprint density at radius 2 is 2.00 bits per heavy atom. The number of hydrogen-bond donors (Lipinski definition) is 2. The number of piperazine rings is 1. The lowest BCUT2D eigenvalue weighted by atomic mass is 9.79. The third-order valence-corrected chi connectivity index (χ3v) is 5.85. The highest BCUT2D eigenvalue weighted by molar-refractivity contribution is 5.82. The summed E-state index contributed by atoms with van der Waals surface area (Å²) in [7, 11) is 3.87. The van der Waals surface area contributed by atoms with E-state index in [2.05, 4.69) is 32.5 Å². The van der Waals surface area contributed by atoms with E-state index in [0.717, 1.165) is 64.6 Å². The van der Waals surface area contributed by atoms with Gasteiger partial charge in [0.15, 0.2) is 5.96 Å². The predicted octanol–water partition coefficient (Wildman–Crippen LogP) is -0.672. The lowest BCUT2D eigenvalue weighted by Gasteiger charge is -2.40. The van der Waals surface area contributed by atoms with Gasteiger partial charge in [0, 0.05) is 77.7 Å². The van der Waals surface area contributed by atoms with E-state index >= 15 is 0 Å². The Bertz CT molecular complexity index is 558. The molecule has 0 aromatic rings. The summed E-state index contributed by atoms with van der Waals surface area (Å²) < 4.78 is 0. The molecule has 0 aromatic carbocycles. The van der Waals surface area contributed by atoms with Crippen LogP contribution in [0.2, 0.25) is 0 Å². The number of aliphatic imine (C=N–C) groups is 1. The van der Waals surface area contributed by atoms with Gasteiger partial charge in [0.05, 0.1) is 0 Å². The van der Waals surface area contributed by atoms with Gasteiger partial charge in [-0.2, -0.15) is 0 Å². The number of amides is 2. The number of likely N-dealkylation sites (N-methyl/N-ethyl adjacent to an activating group) is 1. The molecule has 8 nitrogen and oxygen atoms in total. The molecule has 26 heavy (non-hydrogen) atoms. The van der Waals surface area contributed by atoms with Crippen molar-refractivity contribution in [2.45, 2.75) is 25.7 Å². The summed E-state index contributed by atoms with van der Waals surface area (Å²) in [6.07, 6.45) is 3.25. The molecule has 3 saturated heterocycles. The highest BCUT2D eigenvalue weighted by Gasteiger charge is 2.42. The zero-order chi connectivity index (χ0) is 18.6. The molecule has 2 amide bonds. The van der Waals surface area contributed by atoms with Crippen LogP contribution in [0.3, 0.4) is 0 Å². The fraction of sp³-hybridized carbons (Fsp3) is 0.833. The molecule has 3 heterocycles. The molecule has 2 N–H and O–H groups in total. The minimum Gasteiger partial charge on any atom is -0.356 e. The fourth-order valence-electron chi connectivity index (χ4n) is 4.26. The van der Waals surface area contributed by atoms with E-state index in [0.29, 0.717) is 19.4 Å². The van der Waals surface area contributed by atoms with Crippen molar-refractivity contribution in [2.75, 3.05) is 66.5 Å². The van der Waals surface area contributed by atoms with Crippen molar-refractivity contribution in [3.05, 3.63) is 0 Å². The Morgan fingerprint density at radius 3 is 2.65 bits per heavy atom. The quantitative estimate of drug-likeness (QED) is 0.513. The minimum absolute atomic E-state index is 0.0442. The molecule has 3 fully saturated rings. The molecule has 1 unspecified atom stereocenters. The number of nitrogens with one attached hydrogen (secondary N) is 2. The van der Waals surface area contributed by atoms with Gasteiger partial charge in [-0.1, -0.05) is 0 Å². The first-order valence-electron chi connectivity index (χ1n) is 9.70. The number of guanidine groups is 1. The van der Waals surface area contributed by atoms with Crippen LogP contribution in [0.1, 0.15) is 25.7 Å². The molecule has 3 aliphatic rings. The van der Waals surface area contributed by atoms with Gasteiger partial charge in [-0.15, -0.1) is 0 Å². The van der Waals surface area contributed by atoms with Crippen molar-refractivity contribution >= 4 is 17.8 Å². The standard InChI is InChI=1S/C18H32N6O2/c1-19-17(20-6-4-16(26)23-10-8-22(2)9-11-23)24-7-3-5-18(14-24)12-15(25)21-13-18/h3-14H2,1-2H3,(H,19,20)(H,21,25). The Kier molecular flexibility index (Phi) is 6.01. The summed E-state index contributed by atoms with van der Waals surface area (Å²) >= 11 is 0. The highest BCUT2D eigenvalue weighted by Crippen LogP contribution is 2.35. The average molecular weight is 364 g/mol. The van der Waals surface area contributed by atoms with Crippen molar-refractivity contribution in [2.24, 2.45) is 10.4 Å². The summed E-state index contributed by atoms with van der Waals surface area (Å²) in [5, 5.41) is 6.32. The maximum Gasteiger partial charge on any atom is 0.224 e. The first-order chi connectivity index (χ1) is 12.5. The second kappa shape index (κ2) is 8.24. The van der Waals surface area contributed by atoms with Crippen LogP contribution in [-0.4, -0.2) is 98.9 Å². The molecular formula is C18H32N6O2. The Labute approximate surface area is 156 Å². The summed E-state index contributed by atoms with van der Waals surface area (Å²) in [4.78, 5) is 34.9. The summed E-state index contributed by atoms with van der Waals surface area (Å²) in [6.45, 7) is 6.69. The summed E-state index contributed by atoms with van der Waals surface area (Å²) in [5.41, 5.74) is 0.0442. The molecule has 0 aromatic heterocycles. The zero-order valence-electron chi connectivity index (χ0n) is 16.1. The number of nitrogens with zero attached hydrogens (tertiary/aromatic N) is 4. The van der Waals surface area contributed by atoms with Gasteiger partial charge in [0.1, 0.15) is 0 Å². The van der Waals surface area contributed by atoms with Gasteiger partial charge in [-0.3, -0.25) is 14.6 Å². The van der Waals surface area contributed by atoms with E-state index < -0.39 is 0 Å². The maximum atomic E-state index is 12.4. The zero-order valence-corrected chi connectivity index (χ0v) is 16.1. The molecule has 8 heteroatoms. The molecule has 0 radical (unpaired) electrons. The van der Waals surface area contributed by atoms with Crippen molar-refractivity contribution in [1.29, 1.82) is 0 Å². The number of likely N-dealkylation sites (tertiary alicyclic amines) is 1. The number of hydrogen-bond acceptors (Lipinski definition) is 4. The van der Waals surface area contributed by atoms with Crippen molar-refractivity contribution < 1.29 is 9.59 Å². The smallest absolute Gasteiger partial charge is 0.224 e. The van der Waals surface area contributed by atoms with Crippen LogP contribution >= 0.6 is 0 Å². The maximum absolute atomic E-state index is 12.4. The highest BCUT2D eigenvalue weighted by atomic mass is 16.2. The van der Waals surface area contributed by atoms with Crippen LogP contribution in [0.5, 0.6) is 0 Å². The third-order valence-electron chi connectivity index (χ3n) is 5.85. The third kappa shape index (κ3) is 4.47. The molecule has 0 saturated carbocycles. The molecule has 1 spiro atoms. The van der Waals surface area contributed by atoms with E-state index in [9.17, 15) is 9.59 Å². The molecular weight excluding hydrogens is 332 g/mol. The SMILES string of the molecule is CN=C(NCCC(=O)N1CCN(C)CC1)N1CCCC2(CNC(=O)C2)C1. The number of piperidine rings is 1. The average Bonchev–Trinajstić information content (AvgIpc) is 2.99. The topological polar surface area (TPSA) is 80.3 Å². The largest absolute Gasteiger partial charge is 0.356 e. The van der Waals surface area contributed by atoms with Crippen LogP contribution in [-0.2, 0) is 9.59 Å². The van der Waals surface area contributed by atoms with Gasteiger partial charge in [0.2, 0.25) is 11.8 Å². The van der Waals surface area contributed by atoms with E-state index in [1.54, 1.807) is 7.05 Å². The van der Waals surface area contributed by atoms with E-state index in [1.165, 1.54) is 0 Å². The fourth-order valence-corrected chi connectivity index (χ4v) is 4.26. The van der Waals surface area contributed by atoms with Gasteiger partial charge in [0.25, 0.3) is 0 Å². The van der Waals surface area contributed by atoms with Crippen LogP contribution < -0.4 is 10.6 Å². The predicted molar refractivity (Wildman–Crippen MR) is 101 cm³/mol. The molecule has 146 valence electrons. The number of carbonyl (C=O) groups excluding carboxylic acids is 2. The summed E-state index contributed by atoms with van der Waals surface area (Å²) in [5.74, 6) is 1.21. The summed E-state index contributed by atoms with van der Waals surface area (Å²) in [6, 6.07) is 0. The minimum atomic E-state index is 0.0442. The lowest BCUT2D eigenvalue weighted by molar-refractivity contribution is -0.132. The van der Waals surface area contributed by atoms with Crippen molar-refractivity contribution in [3.8, 4) is 0 Å². The van der Waals surface area contributed by atoms with Crippen molar-refractivity contribution in [1.82, 2.24) is 25.3 Å². The molecule has 3 rings (SSSR count). The lowest BCUT2D eigenvalue weighted by Crippen LogP contribution is -2.52. The second-order valence-corrected chi connectivity index (χ2v) is 7.89. The Morgan fingerprint density at radius 1 is 1.23 bits per heavy atom. The monoisotopic (exact) mass is 364 g/mol. The van der Waals surface area contributed by atoms with E-state index in [-0.39, 0.29) is 17.2 Å². The second-order valence-electron chi connectivity index (χ2n) is 7.89. The number of rotatable bonds is 3. The van der Waals surface area contributed by atoms with Gasteiger partial charge >= 0.3 is 0 Å². The molecule has 1 atom stereocenters. The van der Waals surface area contributed by atoms with Crippen LogP contribution in [0.15, 0.2) is 4.99 Å². The van der Waals surface area contributed by atoms with Crippen LogP contribution in [0, 0.1) is 5.41 Å². The number of carbonyl (C=O) groups is 2. The van der Waals surface area contributed by atoms with Crippen molar-refractivity contribution in [3.63, 3.8) is 0 Å². The van der Waals surface area contributed by atoms with E-state index in [1.807, 2.05) is 4.90 Å². The Balaban J connectivity index is 1.46. The van der Waals surface area contributed by atoms with Gasteiger partial charge < -0.3 is 25.3 Å². The molecule has 0 aliphatic carbocycles. The first kappa shape index (κ1) is 18.9. The van der Waals surface area contributed by atoms with Crippen LogP contribution in [0.4, 0.5) is 0 Å². The van der Waals surface area contributed by atoms with Gasteiger partial charge in [-0.25, -0.2) is 0 Å². The van der Waals surface area contributed by atoms with E-state index in [4.69, 9.17) is 0 Å². The van der Waals surface area contributed by atoms with Gasteiger partial charge in [-0.05, 0) is 19.9 Å². The van der Waals surface area contributed by atoms with Crippen LogP contribution in [0.25, 0.3) is 0 Å². The molecule has 0 bridgehead atoms.